The lowest BCUT2D eigenvalue weighted by Crippen LogP contribution is -2.56. The van der Waals surface area contributed by atoms with Crippen LogP contribution in [0.4, 0.5) is 4.79 Å². The fourth-order valence-corrected chi connectivity index (χ4v) is 6.55. The molecule has 0 aliphatic carbocycles. The van der Waals surface area contributed by atoms with Crippen LogP contribution in [0.15, 0.2) is 42.5 Å². The van der Waals surface area contributed by atoms with E-state index in [1.54, 1.807) is 0 Å². The number of aliphatic carboxylic acids is 3. The maximum absolute atomic E-state index is 13.6. The lowest BCUT2D eigenvalue weighted by Gasteiger charge is -2.34. The Kier molecular flexibility index (Phi) is 19.7. The normalized spacial score (nSPS) is 14.8. The Hall–Kier alpha value is -5.57. The van der Waals surface area contributed by atoms with E-state index in [1.807, 2.05) is 42.5 Å². The van der Waals surface area contributed by atoms with Crippen LogP contribution in [0.2, 0.25) is 0 Å². The number of benzene rings is 2. The van der Waals surface area contributed by atoms with Crippen molar-refractivity contribution in [2.75, 3.05) is 37.7 Å². The van der Waals surface area contributed by atoms with Crippen molar-refractivity contribution in [1.82, 2.24) is 36.8 Å². The van der Waals surface area contributed by atoms with Crippen LogP contribution in [-0.2, 0) is 44.8 Å². The number of carbonyl (C=O) groups is 9. The number of nitrogens with one attached hydrogen (secondary N) is 6. The molecule has 9 N–H and O–H groups in total. The highest BCUT2D eigenvalue weighted by Gasteiger charge is 2.33. The Balaban J connectivity index is 1.60. The fourth-order valence-electron chi connectivity index (χ4n) is 6.34. The molecule has 0 saturated carbocycles. The summed E-state index contributed by atoms with van der Waals surface area (Å²) in [6, 6.07) is 7.28. The third-order valence-electron chi connectivity index (χ3n) is 9.56. The Morgan fingerprint density at radius 2 is 1.32 bits per heavy atom. The SMILES string of the molecule is O=C(O)CCC(NC(=O)NC(CCCCNC(=O)C(Cc1ccc2ccccc2c1)NC(=O)C1CCN(C(=O)C(CNC(=O)CS)NC(=O)CS)CC1)C(=O)O)C(=O)O. The maximum atomic E-state index is 13.6. The van der Waals surface area contributed by atoms with Gasteiger partial charge in [0.15, 0.2) is 0 Å². The summed E-state index contributed by atoms with van der Waals surface area (Å²) in [6.07, 6.45) is 0.192. The number of likely N-dealkylation sites (tertiary alicyclic amines) is 1. The molecule has 19 nitrogen and oxygen atoms in total. The Morgan fingerprint density at radius 1 is 0.695 bits per heavy atom. The molecule has 59 heavy (non-hydrogen) atoms. The Bertz CT molecular complexity index is 1840. The van der Waals surface area contributed by atoms with Crippen LogP contribution in [0.1, 0.15) is 50.5 Å². The highest BCUT2D eigenvalue weighted by molar-refractivity contribution is 7.81. The summed E-state index contributed by atoms with van der Waals surface area (Å²) in [7, 11) is 0. The fraction of sp³-hybridized carbons (Fsp3) is 0.500. The molecular weight excluding hydrogens is 811 g/mol. The van der Waals surface area contributed by atoms with Crippen LogP contribution >= 0.6 is 25.3 Å². The summed E-state index contributed by atoms with van der Waals surface area (Å²) in [4.78, 5) is 112. The van der Waals surface area contributed by atoms with Gasteiger partial charge >= 0.3 is 23.9 Å². The molecule has 0 bridgehead atoms. The Labute approximate surface area is 351 Å². The molecule has 3 rings (SSSR count). The van der Waals surface area contributed by atoms with Gasteiger partial charge in [-0.15, -0.1) is 0 Å². The number of urea groups is 1. The molecule has 2 aromatic rings. The van der Waals surface area contributed by atoms with Crippen LogP contribution < -0.4 is 31.9 Å². The smallest absolute Gasteiger partial charge is 0.326 e. The van der Waals surface area contributed by atoms with Gasteiger partial charge in [-0.3, -0.25) is 28.8 Å². The van der Waals surface area contributed by atoms with Crippen LogP contribution in [0.25, 0.3) is 10.8 Å². The minimum absolute atomic E-state index is 0.0729. The number of hydrogen-bond acceptors (Lipinski definition) is 11. The van der Waals surface area contributed by atoms with Gasteiger partial charge in [-0.1, -0.05) is 42.5 Å². The van der Waals surface area contributed by atoms with E-state index in [0.717, 1.165) is 16.3 Å². The van der Waals surface area contributed by atoms with Crippen LogP contribution in [0.5, 0.6) is 0 Å². The number of carbonyl (C=O) groups excluding carboxylic acids is 6. The maximum Gasteiger partial charge on any atom is 0.326 e. The Morgan fingerprint density at radius 3 is 1.93 bits per heavy atom. The van der Waals surface area contributed by atoms with Crippen LogP contribution in [0, 0.1) is 5.92 Å². The van der Waals surface area contributed by atoms with E-state index >= 15 is 0 Å². The highest BCUT2D eigenvalue weighted by Crippen LogP contribution is 2.20. The van der Waals surface area contributed by atoms with Crippen molar-refractivity contribution in [3.05, 3.63) is 48.0 Å². The van der Waals surface area contributed by atoms with Gasteiger partial charge in [0.05, 0.1) is 11.5 Å². The monoisotopic (exact) mass is 861 g/mol. The predicted octanol–water partition coefficient (Wildman–Crippen LogP) is -0.0768. The number of unbranched alkanes of at least 4 members (excludes halogenated alkanes) is 1. The average molecular weight is 862 g/mol. The zero-order valence-corrected chi connectivity index (χ0v) is 34.0. The van der Waals surface area contributed by atoms with Gasteiger partial charge in [0.25, 0.3) is 0 Å². The second-order valence-corrected chi connectivity index (χ2v) is 14.5. The van der Waals surface area contributed by atoms with E-state index in [1.165, 1.54) is 4.90 Å². The summed E-state index contributed by atoms with van der Waals surface area (Å²) in [5.41, 5.74) is 0.783. The van der Waals surface area contributed by atoms with Gasteiger partial charge < -0.3 is 52.1 Å². The summed E-state index contributed by atoms with van der Waals surface area (Å²) >= 11 is 7.85. The topological polar surface area (TPSA) is 290 Å². The first-order valence-corrected chi connectivity index (χ1v) is 20.2. The molecule has 4 unspecified atom stereocenters. The molecule has 1 aliphatic rings. The first kappa shape index (κ1) is 47.8. The molecule has 1 fully saturated rings. The van der Waals surface area contributed by atoms with Crippen molar-refractivity contribution < 1.29 is 58.5 Å². The van der Waals surface area contributed by atoms with Gasteiger partial charge in [-0.05, 0) is 54.9 Å². The van der Waals surface area contributed by atoms with E-state index in [-0.39, 0.29) is 82.1 Å². The molecule has 7 amide bonds. The molecule has 0 spiro atoms. The second-order valence-electron chi connectivity index (χ2n) is 13.9. The lowest BCUT2D eigenvalue weighted by atomic mass is 9.94. The first-order valence-electron chi connectivity index (χ1n) is 19.0. The predicted molar refractivity (Wildman–Crippen MR) is 220 cm³/mol. The molecule has 1 aliphatic heterocycles. The quantitative estimate of drug-likeness (QED) is 0.0517. The van der Waals surface area contributed by atoms with Gasteiger partial charge in [-0.2, -0.15) is 25.3 Å². The summed E-state index contributed by atoms with van der Waals surface area (Å²) < 4.78 is 0. The number of amides is 7. The van der Waals surface area contributed by atoms with E-state index in [4.69, 9.17) is 5.11 Å². The molecule has 0 radical (unpaired) electrons. The zero-order valence-electron chi connectivity index (χ0n) is 32.2. The zero-order chi connectivity index (χ0) is 43.5. The van der Waals surface area contributed by atoms with Crippen LogP contribution in [-0.4, -0.2) is 136 Å². The standard InChI is InChI=1S/C38H51N7O12S2/c46-30(20-58)40-19-29(41-31(47)21-59)35(52)45-15-12-24(13-16-45)33(50)42-28(18-22-8-9-23-5-1-2-6-25(23)17-22)34(51)39-14-4-3-7-26(36(53)54)43-38(57)44-27(37(55)56)10-11-32(48)49/h1-2,5-6,8-9,17,24,26-29,58-59H,3-4,7,10-16,18-21H2,(H,39,51)(H,40,46)(H,41,47)(H,42,50)(H,48,49)(H,53,54)(H,55,56)(H2,43,44,57). The molecule has 322 valence electrons. The van der Waals surface area contributed by atoms with Crippen molar-refractivity contribution in [3.8, 4) is 0 Å². The van der Waals surface area contributed by atoms with Crippen molar-refractivity contribution >= 4 is 89.5 Å². The van der Waals surface area contributed by atoms with Gasteiger partial charge in [0.2, 0.25) is 29.5 Å². The molecule has 0 aromatic heterocycles. The average Bonchev–Trinajstić information content (AvgIpc) is 3.21. The number of carboxylic acids is 3. The number of hydrogen-bond donors (Lipinski definition) is 11. The largest absolute Gasteiger partial charge is 0.481 e. The first-order chi connectivity index (χ1) is 28.1. The molecule has 1 heterocycles. The minimum atomic E-state index is -1.54. The van der Waals surface area contributed by atoms with Crippen molar-refractivity contribution in [3.63, 3.8) is 0 Å². The summed E-state index contributed by atoms with van der Waals surface area (Å²) in [5.74, 6) is -7.16. The van der Waals surface area contributed by atoms with Gasteiger partial charge in [0.1, 0.15) is 24.2 Å². The lowest BCUT2D eigenvalue weighted by molar-refractivity contribution is -0.141. The number of fused-ring (bicyclic) bond motifs is 1. The van der Waals surface area contributed by atoms with E-state index in [9.17, 15) is 53.4 Å². The van der Waals surface area contributed by atoms with Crippen molar-refractivity contribution in [2.45, 2.75) is 75.5 Å². The molecule has 2 aromatic carbocycles. The van der Waals surface area contributed by atoms with Crippen molar-refractivity contribution in [2.24, 2.45) is 5.92 Å². The third kappa shape index (κ3) is 16.3. The number of rotatable bonds is 23. The molecule has 21 heteroatoms. The molecular formula is C38H51N7O12S2. The second kappa shape index (κ2) is 24.4. The minimum Gasteiger partial charge on any atom is -0.481 e. The van der Waals surface area contributed by atoms with Crippen LogP contribution in [0.3, 0.4) is 0 Å². The van der Waals surface area contributed by atoms with E-state index in [2.05, 4.69) is 57.2 Å². The summed E-state index contributed by atoms with van der Waals surface area (Å²) in [5, 5.41) is 44.6. The molecule has 4 atom stereocenters. The summed E-state index contributed by atoms with van der Waals surface area (Å²) in [6.45, 7) is 0.317. The number of piperidine rings is 1. The van der Waals surface area contributed by atoms with E-state index < -0.39 is 90.5 Å². The van der Waals surface area contributed by atoms with E-state index in [0.29, 0.717) is 0 Å². The van der Waals surface area contributed by atoms with Gasteiger partial charge in [-0.25, -0.2) is 14.4 Å². The van der Waals surface area contributed by atoms with Crippen molar-refractivity contribution in [1.29, 1.82) is 0 Å². The van der Waals surface area contributed by atoms with Gasteiger partial charge in [0, 0.05) is 44.9 Å². The highest BCUT2D eigenvalue weighted by atomic mass is 32.1. The number of nitrogens with zero attached hydrogens (tertiary/aromatic N) is 1. The molecule has 1 saturated heterocycles. The number of carboxylic acid groups (broad SMARTS) is 3. The third-order valence-corrected chi connectivity index (χ3v) is 10.1. The number of thiol groups is 2.